The highest BCUT2D eigenvalue weighted by Gasteiger charge is 2.33. The number of hydrogen-bond acceptors (Lipinski definition) is 5. The van der Waals surface area contributed by atoms with Crippen LogP contribution in [0.2, 0.25) is 0 Å². The highest BCUT2D eigenvalue weighted by molar-refractivity contribution is 5.79. The molecule has 0 radical (unpaired) electrons. The molecule has 3 heterocycles. The summed E-state index contributed by atoms with van der Waals surface area (Å²) in [5, 5.41) is 0. The molecule has 0 spiro atoms. The van der Waals surface area contributed by atoms with E-state index in [4.69, 9.17) is 0 Å². The lowest BCUT2D eigenvalue weighted by atomic mass is 9.81. The van der Waals surface area contributed by atoms with E-state index in [1.807, 2.05) is 43.3 Å². The maximum Gasteiger partial charge on any atom is 0.225 e. The molecule has 0 unspecified atom stereocenters. The highest BCUT2D eigenvalue weighted by Crippen LogP contribution is 2.32. The predicted octanol–water partition coefficient (Wildman–Crippen LogP) is 2.01. The number of hydrogen-bond donors (Lipinski definition) is 0. The minimum absolute atomic E-state index is 0.248. The van der Waals surface area contributed by atoms with Gasteiger partial charge in [0.2, 0.25) is 11.9 Å². The minimum atomic E-state index is 0.248. The van der Waals surface area contributed by atoms with Crippen molar-refractivity contribution in [2.75, 3.05) is 45.7 Å². The third-order valence-electron chi connectivity index (χ3n) is 5.65. The molecule has 3 rings (SSSR count). The number of carbonyl (C=O) groups excluding carboxylic acids is 1. The van der Waals surface area contributed by atoms with Crippen molar-refractivity contribution in [1.82, 2.24) is 19.8 Å². The van der Waals surface area contributed by atoms with E-state index >= 15 is 0 Å². The fourth-order valence-electron chi connectivity index (χ4n) is 4.10. The Morgan fingerprint density at radius 3 is 2.40 bits per heavy atom. The van der Waals surface area contributed by atoms with E-state index in [0.717, 1.165) is 63.4 Å². The van der Waals surface area contributed by atoms with E-state index in [-0.39, 0.29) is 5.92 Å². The Morgan fingerprint density at radius 1 is 1.08 bits per heavy atom. The first-order valence-electron chi connectivity index (χ1n) is 9.50. The van der Waals surface area contributed by atoms with Gasteiger partial charge in [-0.25, -0.2) is 9.97 Å². The number of carbonyl (C=O) groups is 1. The summed E-state index contributed by atoms with van der Waals surface area (Å²) in [6.45, 7) is 3.96. The lowest BCUT2D eigenvalue weighted by Gasteiger charge is -2.36. The fraction of sp³-hybridized carbons (Fsp3) is 0.737. The van der Waals surface area contributed by atoms with Gasteiger partial charge < -0.3 is 9.80 Å². The van der Waals surface area contributed by atoms with Crippen molar-refractivity contribution >= 4 is 11.9 Å². The Hall–Kier alpha value is -1.69. The van der Waals surface area contributed by atoms with Gasteiger partial charge in [-0.1, -0.05) is 6.42 Å². The van der Waals surface area contributed by atoms with Crippen LogP contribution in [0, 0.1) is 11.8 Å². The molecule has 2 fully saturated rings. The maximum atomic E-state index is 12.6. The smallest absolute Gasteiger partial charge is 0.225 e. The molecule has 1 aromatic rings. The molecule has 138 valence electrons. The largest absolute Gasteiger partial charge is 0.347 e. The van der Waals surface area contributed by atoms with Gasteiger partial charge in [0.1, 0.15) is 0 Å². The predicted molar refractivity (Wildman–Crippen MR) is 99.3 cm³/mol. The van der Waals surface area contributed by atoms with Crippen LogP contribution < -0.4 is 4.90 Å². The number of piperidine rings is 1. The Labute approximate surface area is 151 Å². The minimum Gasteiger partial charge on any atom is -0.347 e. The third-order valence-corrected chi connectivity index (χ3v) is 5.65. The first-order chi connectivity index (χ1) is 12.0. The molecule has 25 heavy (non-hydrogen) atoms. The number of anilines is 1. The zero-order chi connectivity index (χ0) is 17.8. The molecule has 2 aliphatic rings. The Bertz CT molecular complexity index is 566. The zero-order valence-electron chi connectivity index (χ0n) is 15.8. The van der Waals surface area contributed by atoms with E-state index in [0.29, 0.717) is 11.8 Å². The summed E-state index contributed by atoms with van der Waals surface area (Å²) in [7, 11) is 5.87. The quantitative estimate of drug-likeness (QED) is 0.836. The second-order valence-corrected chi connectivity index (χ2v) is 7.76. The number of aromatic nitrogens is 2. The molecule has 0 bridgehead atoms. The summed E-state index contributed by atoms with van der Waals surface area (Å²) in [5.41, 5.74) is 1.16. The van der Waals surface area contributed by atoms with Crippen LogP contribution in [-0.4, -0.2) is 66.5 Å². The van der Waals surface area contributed by atoms with E-state index in [2.05, 4.69) is 14.9 Å². The van der Waals surface area contributed by atoms with Crippen molar-refractivity contribution in [3.63, 3.8) is 0 Å². The summed E-state index contributed by atoms with van der Waals surface area (Å²) in [6.07, 6.45) is 9.53. The molecule has 6 nitrogen and oxygen atoms in total. The van der Waals surface area contributed by atoms with E-state index in [1.165, 1.54) is 6.42 Å². The molecule has 1 aromatic heterocycles. The molecule has 0 N–H and O–H groups in total. The molecule has 0 aliphatic carbocycles. The normalized spacial score (nSPS) is 23.6. The summed E-state index contributed by atoms with van der Waals surface area (Å²) >= 11 is 0. The van der Waals surface area contributed by atoms with Gasteiger partial charge in [-0.2, -0.15) is 0 Å². The maximum absolute atomic E-state index is 12.6. The first-order valence-corrected chi connectivity index (χ1v) is 9.50. The molecule has 2 aliphatic heterocycles. The van der Waals surface area contributed by atoms with Crippen LogP contribution in [-0.2, 0) is 11.3 Å². The van der Waals surface area contributed by atoms with Gasteiger partial charge in [-0.05, 0) is 44.7 Å². The lowest BCUT2D eigenvalue weighted by molar-refractivity contribution is -0.136. The molecular weight excluding hydrogens is 314 g/mol. The van der Waals surface area contributed by atoms with Crippen LogP contribution >= 0.6 is 0 Å². The van der Waals surface area contributed by atoms with Crippen molar-refractivity contribution in [3.05, 3.63) is 18.0 Å². The summed E-state index contributed by atoms with van der Waals surface area (Å²) in [6, 6.07) is 0. The Kier molecular flexibility index (Phi) is 5.89. The topological polar surface area (TPSA) is 52.6 Å². The summed E-state index contributed by atoms with van der Waals surface area (Å²) < 4.78 is 0. The average molecular weight is 345 g/mol. The van der Waals surface area contributed by atoms with Gasteiger partial charge in [-0.15, -0.1) is 0 Å². The molecule has 1 atom stereocenters. The monoisotopic (exact) mass is 345 g/mol. The number of rotatable bonds is 4. The molecule has 0 aromatic carbocycles. The second-order valence-electron chi connectivity index (χ2n) is 7.76. The SMILES string of the molecule is CN1CCCC[C@@H](C2CCN(Cc3cnc(N(C)C)nc3)CC2)C1=O. The van der Waals surface area contributed by atoms with Crippen LogP contribution in [0.3, 0.4) is 0 Å². The molecule has 0 saturated carbocycles. The van der Waals surface area contributed by atoms with Crippen LogP contribution in [0.15, 0.2) is 12.4 Å². The molecular formula is C19H31N5O. The fourth-order valence-corrected chi connectivity index (χ4v) is 4.10. The van der Waals surface area contributed by atoms with E-state index in [9.17, 15) is 4.79 Å². The van der Waals surface area contributed by atoms with Crippen LogP contribution in [0.1, 0.15) is 37.7 Å². The van der Waals surface area contributed by atoms with Gasteiger partial charge in [0, 0.05) is 58.1 Å². The Balaban J connectivity index is 1.52. The van der Waals surface area contributed by atoms with Gasteiger partial charge in [-0.3, -0.25) is 9.69 Å². The van der Waals surface area contributed by atoms with Crippen LogP contribution in [0.25, 0.3) is 0 Å². The average Bonchev–Trinajstić information content (AvgIpc) is 2.78. The molecule has 6 heteroatoms. The number of likely N-dealkylation sites (tertiary alicyclic amines) is 2. The van der Waals surface area contributed by atoms with Gasteiger partial charge in [0.15, 0.2) is 0 Å². The van der Waals surface area contributed by atoms with Crippen molar-refractivity contribution < 1.29 is 4.79 Å². The van der Waals surface area contributed by atoms with Crippen LogP contribution in [0.5, 0.6) is 0 Å². The summed E-state index contributed by atoms with van der Waals surface area (Å²) in [4.78, 5) is 27.7. The first kappa shape index (κ1) is 18.1. The van der Waals surface area contributed by atoms with Crippen molar-refractivity contribution in [1.29, 1.82) is 0 Å². The van der Waals surface area contributed by atoms with Gasteiger partial charge >= 0.3 is 0 Å². The standard InChI is InChI=1S/C19H31N5O/c1-22(2)19-20-12-15(13-21-19)14-24-10-7-16(8-11-24)17-6-4-5-9-23(3)18(17)25/h12-13,16-17H,4-11,14H2,1-3H3/t17-/m0/s1. The number of nitrogens with zero attached hydrogens (tertiary/aromatic N) is 5. The molecule has 1 amide bonds. The van der Waals surface area contributed by atoms with E-state index in [1.54, 1.807) is 0 Å². The third kappa shape index (κ3) is 4.48. The highest BCUT2D eigenvalue weighted by atomic mass is 16.2. The van der Waals surface area contributed by atoms with Crippen molar-refractivity contribution in [3.8, 4) is 0 Å². The zero-order valence-corrected chi connectivity index (χ0v) is 15.8. The van der Waals surface area contributed by atoms with Crippen LogP contribution in [0.4, 0.5) is 5.95 Å². The van der Waals surface area contributed by atoms with Gasteiger partial charge in [0.05, 0.1) is 0 Å². The van der Waals surface area contributed by atoms with E-state index < -0.39 is 0 Å². The summed E-state index contributed by atoms with van der Waals surface area (Å²) in [5.74, 6) is 1.93. The van der Waals surface area contributed by atoms with Gasteiger partial charge in [0.25, 0.3) is 0 Å². The van der Waals surface area contributed by atoms with Crippen molar-refractivity contribution in [2.24, 2.45) is 11.8 Å². The van der Waals surface area contributed by atoms with Crippen molar-refractivity contribution in [2.45, 2.75) is 38.6 Å². The molecule has 2 saturated heterocycles. The number of amides is 1. The Morgan fingerprint density at radius 2 is 1.76 bits per heavy atom. The second kappa shape index (κ2) is 8.13. The lowest BCUT2D eigenvalue weighted by Crippen LogP contribution is -2.41.